The first-order chi connectivity index (χ1) is 4.54. The lowest BCUT2D eigenvalue weighted by atomic mass is 9.91. The standard InChI is InChI=1S/C7H13.2BrH.Mg/c1-5-7(3,4)6-2;;;/h5H,1-2,6H2,3-4H3;2*1H;/q;;;+2/p-2. The first-order valence-electron chi connectivity index (χ1n) is 3.08. The summed E-state index contributed by atoms with van der Waals surface area (Å²) < 4.78 is 0. The largest absolute Gasteiger partial charge is 0.560 e. The summed E-state index contributed by atoms with van der Waals surface area (Å²) in [7, 11) is 0. The Morgan fingerprint density at radius 1 is 1.50 bits per heavy atom. The topological polar surface area (TPSA) is 0 Å². The Kier molecular flexibility index (Phi) is 12.0. The van der Waals surface area contributed by atoms with Crippen LogP contribution in [0.5, 0.6) is 0 Å². The molecular weight excluding hydrogens is 268 g/mol. The van der Waals surface area contributed by atoms with Gasteiger partial charge in [-0.25, -0.2) is 0 Å². The van der Waals surface area contributed by atoms with Crippen LogP contribution in [0.1, 0.15) is 20.3 Å². The normalized spacial score (nSPS) is 8.90. The molecule has 0 bridgehead atoms. The molecule has 0 aliphatic rings. The van der Waals surface area contributed by atoms with Crippen molar-refractivity contribution in [2.75, 3.05) is 0 Å². The van der Waals surface area contributed by atoms with Gasteiger partial charge in [-0.15, -0.1) is 6.58 Å². The predicted octanol–water partition coefficient (Wildman–Crippen LogP) is 3.73. The van der Waals surface area contributed by atoms with E-state index in [0.717, 1.165) is 6.42 Å². The molecule has 0 aliphatic carbocycles. The van der Waals surface area contributed by atoms with Crippen LogP contribution in [0.15, 0.2) is 12.7 Å². The summed E-state index contributed by atoms with van der Waals surface area (Å²) in [4.78, 5) is 0. The second kappa shape index (κ2) is 8.56. The molecule has 0 aliphatic heterocycles. The molecule has 0 spiro atoms. The molecule has 0 rings (SSSR count). The van der Waals surface area contributed by atoms with E-state index in [1.54, 1.807) is 0 Å². The van der Waals surface area contributed by atoms with E-state index in [2.05, 4.69) is 53.1 Å². The minimum Gasteiger partial charge on any atom is -0.280 e. The van der Waals surface area contributed by atoms with Crippen LogP contribution in [0, 0.1) is 12.3 Å². The van der Waals surface area contributed by atoms with Crippen molar-refractivity contribution in [1.29, 1.82) is 0 Å². The summed E-state index contributed by atoms with van der Waals surface area (Å²) >= 11 is 6.44. The molecule has 3 heteroatoms. The first-order valence-corrected chi connectivity index (χ1v) is 10.9. The summed E-state index contributed by atoms with van der Waals surface area (Å²) in [6.07, 6.45) is 2.86. The molecule has 0 atom stereocenters. The number of hydrogen-bond donors (Lipinski definition) is 0. The molecular formula is C7H13Br2Mg. The Hall–Kier alpha value is 1.47. The molecule has 0 saturated carbocycles. The van der Waals surface area contributed by atoms with Gasteiger partial charge in [-0.1, -0.05) is 26.8 Å². The van der Waals surface area contributed by atoms with Gasteiger partial charge in [-0.3, -0.25) is 25.8 Å². The van der Waals surface area contributed by atoms with Crippen molar-refractivity contribution in [2.24, 2.45) is 5.41 Å². The molecule has 0 aromatic carbocycles. The molecule has 0 N–H and O–H groups in total. The van der Waals surface area contributed by atoms with Gasteiger partial charge in [0, 0.05) is 0 Å². The third kappa shape index (κ3) is 12.2. The van der Waals surface area contributed by atoms with Gasteiger partial charge in [-0.05, 0) is 11.8 Å². The van der Waals surface area contributed by atoms with Gasteiger partial charge in [0.15, 0.2) is 0 Å². The van der Waals surface area contributed by atoms with Crippen LogP contribution in [-0.4, -0.2) is 16.0 Å². The maximum atomic E-state index is 3.76. The molecule has 0 unspecified atom stereocenters. The zero-order chi connectivity index (χ0) is 8.62. The number of rotatable bonds is 2. The van der Waals surface area contributed by atoms with Gasteiger partial charge in [-0.2, -0.15) is 0 Å². The Morgan fingerprint density at radius 2 is 1.80 bits per heavy atom. The summed E-state index contributed by atoms with van der Waals surface area (Å²) in [6, 6.07) is 0. The lowest BCUT2D eigenvalue weighted by Gasteiger charge is -2.14. The number of hydrogen-bond acceptors (Lipinski definition) is 0. The van der Waals surface area contributed by atoms with E-state index in [1.165, 1.54) is 0 Å². The van der Waals surface area contributed by atoms with Gasteiger partial charge in [0.25, 0.3) is 0 Å². The van der Waals surface area contributed by atoms with E-state index in [1.807, 2.05) is 6.08 Å². The third-order valence-corrected chi connectivity index (χ3v) is 1.20. The van der Waals surface area contributed by atoms with Gasteiger partial charge in [0.05, 0.1) is 0 Å². The highest BCUT2D eigenvalue weighted by atomic mass is 79.9. The van der Waals surface area contributed by atoms with Crippen LogP contribution in [-0.2, 0) is 0 Å². The monoisotopic (exact) mass is 279 g/mol. The van der Waals surface area contributed by atoms with Crippen LogP contribution in [0.4, 0.5) is 0 Å². The third-order valence-electron chi connectivity index (χ3n) is 1.20. The van der Waals surface area contributed by atoms with Crippen molar-refractivity contribution in [1.82, 2.24) is 0 Å². The maximum absolute atomic E-state index is 3.76. The smallest absolute Gasteiger partial charge is 0.280 e. The van der Waals surface area contributed by atoms with Crippen molar-refractivity contribution < 1.29 is 0 Å². The lowest BCUT2D eigenvalue weighted by molar-refractivity contribution is 0.488. The number of halogens is 2. The molecule has 57 valence electrons. The lowest BCUT2D eigenvalue weighted by Crippen LogP contribution is -2.02. The molecule has 0 heterocycles. The first kappa shape index (κ1) is 14.0. The summed E-state index contributed by atoms with van der Waals surface area (Å²) in [5.41, 5.74) is 0.236. The molecule has 0 saturated heterocycles. The molecule has 0 amide bonds. The van der Waals surface area contributed by atoms with Gasteiger partial charge < -0.3 is 0 Å². The minimum absolute atomic E-state index is 0.0417. The van der Waals surface area contributed by atoms with Crippen molar-refractivity contribution in [2.45, 2.75) is 20.3 Å². The van der Waals surface area contributed by atoms with E-state index < -0.39 is 0 Å². The minimum atomic E-state index is 0.0417. The van der Waals surface area contributed by atoms with E-state index in [0.29, 0.717) is 0 Å². The molecule has 0 nitrogen and oxygen atoms in total. The molecule has 0 fully saturated rings. The van der Waals surface area contributed by atoms with Crippen LogP contribution in [0.3, 0.4) is 0 Å². The summed E-state index contributed by atoms with van der Waals surface area (Å²) in [6.45, 7) is 11.7. The molecule has 1 radical (unpaired) electrons. The zero-order valence-corrected chi connectivity index (χ0v) is 11.2. The van der Waals surface area contributed by atoms with E-state index in [4.69, 9.17) is 0 Å². The van der Waals surface area contributed by atoms with Crippen molar-refractivity contribution >= 4 is 41.8 Å². The van der Waals surface area contributed by atoms with E-state index in [9.17, 15) is 0 Å². The second-order valence-electron chi connectivity index (χ2n) is 2.54. The summed E-state index contributed by atoms with van der Waals surface area (Å²) in [5.74, 6) is 0. The quantitative estimate of drug-likeness (QED) is 0.534. The highest BCUT2D eigenvalue weighted by Crippen LogP contribution is 2.19. The highest BCUT2D eigenvalue weighted by Gasteiger charge is 2.06. The van der Waals surface area contributed by atoms with Gasteiger partial charge >= 0.3 is 16.0 Å². The van der Waals surface area contributed by atoms with Crippen LogP contribution in [0.25, 0.3) is 0 Å². The highest BCUT2D eigenvalue weighted by molar-refractivity contribution is 9.47. The Balaban J connectivity index is 0. The average Bonchev–Trinajstić information content (AvgIpc) is 1.90. The molecule has 0 aromatic heterocycles. The van der Waals surface area contributed by atoms with Crippen molar-refractivity contribution in [3.8, 4) is 0 Å². The van der Waals surface area contributed by atoms with Crippen LogP contribution in [0.2, 0.25) is 0 Å². The fraction of sp³-hybridized carbons (Fsp3) is 0.571. The maximum Gasteiger partial charge on any atom is 0.560 e. The van der Waals surface area contributed by atoms with Crippen molar-refractivity contribution in [3.05, 3.63) is 19.6 Å². The van der Waals surface area contributed by atoms with Crippen LogP contribution >= 0.6 is 25.8 Å². The Morgan fingerprint density at radius 3 is 1.80 bits per heavy atom. The molecule has 10 heavy (non-hydrogen) atoms. The zero-order valence-electron chi connectivity index (χ0n) is 6.66. The Bertz CT molecular complexity index is 81.7. The van der Waals surface area contributed by atoms with Crippen LogP contribution < -0.4 is 0 Å². The fourth-order valence-electron chi connectivity index (χ4n) is 0.102. The predicted molar refractivity (Wildman–Crippen MR) is 57.6 cm³/mol. The summed E-state index contributed by atoms with van der Waals surface area (Å²) in [5, 5.41) is 0. The number of allylic oxidation sites excluding steroid dienone is 1. The fourth-order valence-corrected chi connectivity index (χ4v) is 0.102. The van der Waals surface area contributed by atoms with E-state index in [-0.39, 0.29) is 21.4 Å². The van der Waals surface area contributed by atoms with Gasteiger partial charge in [0.2, 0.25) is 0 Å². The Labute approximate surface area is 86.3 Å². The van der Waals surface area contributed by atoms with Crippen molar-refractivity contribution in [3.63, 3.8) is 0 Å². The molecule has 0 aromatic rings. The second-order valence-corrected chi connectivity index (χ2v) is 10.6. The van der Waals surface area contributed by atoms with Gasteiger partial charge in [0.1, 0.15) is 0 Å². The average molecular weight is 281 g/mol. The van der Waals surface area contributed by atoms with E-state index >= 15 is 0 Å². The SMILES string of the molecule is [Br][Mg][Br].[CH2]CC(C)(C)C=C.